The van der Waals surface area contributed by atoms with E-state index in [0.29, 0.717) is 36.6 Å². The molecule has 0 aromatic rings. The molecule has 12 atom stereocenters. The number of hydrogen-bond donors (Lipinski definition) is 0. The first-order valence-electron chi connectivity index (χ1n) is 11.1. The van der Waals surface area contributed by atoms with E-state index in [9.17, 15) is 0 Å². The first-order chi connectivity index (χ1) is 12.2. The van der Waals surface area contributed by atoms with Gasteiger partial charge in [0.05, 0.1) is 36.6 Å². The van der Waals surface area contributed by atoms with Crippen molar-refractivity contribution in [1.29, 1.82) is 0 Å². The van der Waals surface area contributed by atoms with Crippen molar-refractivity contribution in [1.82, 2.24) is 0 Å². The van der Waals surface area contributed by atoms with E-state index >= 15 is 0 Å². The van der Waals surface area contributed by atoms with Crippen LogP contribution >= 0.6 is 0 Å². The SMILES string of the molecule is CC1CC2OC2CC1CC1CCC2OC2C1CC1CC2OC2CC1C. The molecule has 0 bridgehead atoms. The minimum Gasteiger partial charge on any atom is -0.370 e. The van der Waals surface area contributed by atoms with Crippen LogP contribution in [0.1, 0.15) is 65.2 Å². The fourth-order valence-corrected chi connectivity index (χ4v) is 7.01. The Morgan fingerprint density at radius 1 is 0.600 bits per heavy atom. The van der Waals surface area contributed by atoms with Gasteiger partial charge < -0.3 is 14.2 Å². The molecule has 6 aliphatic rings. The Labute approximate surface area is 152 Å². The lowest BCUT2D eigenvalue weighted by atomic mass is 9.65. The fourth-order valence-electron chi connectivity index (χ4n) is 7.01. The molecule has 0 spiro atoms. The molecule has 12 unspecified atom stereocenters. The number of ether oxygens (including phenoxy) is 3. The topological polar surface area (TPSA) is 37.6 Å². The maximum atomic E-state index is 6.12. The van der Waals surface area contributed by atoms with Gasteiger partial charge in [0.25, 0.3) is 0 Å². The average molecular weight is 347 g/mol. The van der Waals surface area contributed by atoms with Gasteiger partial charge in [-0.3, -0.25) is 0 Å². The number of fused-ring (bicyclic) bond motifs is 3. The summed E-state index contributed by atoms with van der Waals surface area (Å²) in [5, 5.41) is 0. The van der Waals surface area contributed by atoms with E-state index in [1.54, 1.807) is 0 Å². The third kappa shape index (κ3) is 2.89. The zero-order valence-corrected chi connectivity index (χ0v) is 15.8. The predicted molar refractivity (Wildman–Crippen MR) is 95.2 cm³/mol. The summed E-state index contributed by atoms with van der Waals surface area (Å²) in [4.78, 5) is 0. The molecule has 3 saturated heterocycles. The van der Waals surface area contributed by atoms with Gasteiger partial charge in [0, 0.05) is 0 Å². The second-order valence-corrected chi connectivity index (χ2v) is 10.5. The van der Waals surface area contributed by atoms with E-state index in [4.69, 9.17) is 14.2 Å². The van der Waals surface area contributed by atoms with Crippen LogP contribution in [0.15, 0.2) is 0 Å². The molecular formula is C22H34O3. The number of hydrogen-bond acceptors (Lipinski definition) is 3. The molecular weight excluding hydrogens is 312 g/mol. The van der Waals surface area contributed by atoms with Crippen molar-refractivity contribution in [3.63, 3.8) is 0 Å². The molecule has 0 N–H and O–H groups in total. The van der Waals surface area contributed by atoms with E-state index in [-0.39, 0.29) is 0 Å². The van der Waals surface area contributed by atoms with Gasteiger partial charge in [0.15, 0.2) is 0 Å². The summed E-state index contributed by atoms with van der Waals surface area (Å²) in [5.41, 5.74) is 0. The molecule has 3 nitrogen and oxygen atoms in total. The molecule has 3 aliphatic heterocycles. The van der Waals surface area contributed by atoms with Gasteiger partial charge in [-0.2, -0.15) is 0 Å². The second kappa shape index (κ2) is 5.69. The first kappa shape index (κ1) is 15.9. The molecule has 6 rings (SSSR count). The lowest BCUT2D eigenvalue weighted by Crippen LogP contribution is -2.35. The van der Waals surface area contributed by atoms with Crippen molar-refractivity contribution in [3.05, 3.63) is 0 Å². The Kier molecular flexibility index (Phi) is 3.62. The summed E-state index contributed by atoms with van der Waals surface area (Å²) < 4.78 is 17.8. The maximum absolute atomic E-state index is 6.12. The van der Waals surface area contributed by atoms with Crippen molar-refractivity contribution in [2.75, 3.05) is 0 Å². The normalized spacial score (nSPS) is 61.7. The third-order valence-electron chi connectivity index (χ3n) is 8.91. The lowest BCUT2D eigenvalue weighted by Gasteiger charge is -2.38. The highest BCUT2D eigenvalue weighted by Gasteiger charge is 2.55. The fraction of sp³-hybridized carbons (Fsp3) is 1.00. The molecule has 3 heterocycles. The Morgan fingerprint density at radius 2 is 1.20 bits per heavy atom. The van der Waals surface area contributed by atoms with E-state index in [0.717, 1.165) is 35.5 Å². The van der Waals surface area contributed by atoms with Crippen molar-refractivity contribution in [2.24, 2.45) is 35.5 Å². The monoisotopic (exact) mass is 346 g/mol. The number of epoxide rings is 3. The van der Waals surface area contributed by atoms with Crippen molar-refractivity contribution >= 4 is 0 Å². The van der Waals surface area contributed by atoms with Crippen LogP contribution in [0, 0.1) is 35.5 Å². The lowest BCUT2D eigenvalue weighted by molar-refractivity contribution is 0.120. The van der Waals surface area contributed by atoms with Crippen LogP contribution in [0.2, 0.25) is 0 Å². The van der Waals surface area contributed by atoms with Crippen molar-refractivity contribution in [3.8, 4) is 0 Å². The van der Waals surface area contributed by atoms with Crippen LogP contribution in [-0.4, -0.2) is 36.6 Å². The van der Waals surface area contributed by atoms with Crippen molar-refractivity contribution < 1.29 is 14.2 Å². The van der Waals surface area contributed by atoms with E-state index in [1.165, 1.54) is 51.4 Å². The summed E-state index contributed by atoms with van der Waals surface area (Å²) in [6, 6.07) is 0. The van der Waals surface area contributed by atoms with E-state index in [2.05, 4.69) is 13.8 Å². The van der Waals surface area contributed by atoms with Gasteiger partial charge in [0.2, 0.25) is 0 Å². The molecule has 6 fully saturated rings. The van der Waals surface area contributed by atoms with Gasteiger partial charge in [-0.05, 0) is 86.9 Å². The van der Waals surface area contributed by atoms with Gasteiger partial charge in [-0.15, -0.1) is 0 Å². The first-order valence-corrected chi connectivity index (χ1v) is 11.1. The molecule has 0 radical (unpaired) electrons. The highest BCUT2D eigenvalue weighted by molar-refractivity contribution is 5.03. The van der Waals surface area contributed by atoms with Crippen LogP contribution in [0.3, 0.4) is 0 Å². The minimum atomic E-state index is 0.604. The summed E-state index contributed by atoms with van der Waals surface area (Å²) in [6.07, 6.45) is 14.6. The highest BCUT2D eigenvalue weighted by atomic mass is 16.6. The molecule has 140 valence electrons. The Bertz CT molecular complexity index is 535. The Balaban J connectivity index is 1.14. The van der Waals surface area contributed by atoms with E-state index in [1.807, 2.05) is 0 Å². The van der Waals surface area contributed by atoms with Crippen LogP contribution in [0.4, 0.5) is 0 Å². The minimum absolute atomic E-state index is 0.604. The Morgan fingerprint density at radius 3 is 1.88 bits per heavy atom. The molecule has 25 heavy (non-hydrogen) atoms. The van der Waals surface area contributed by atoms with Gasteiger partial charge in [-0.1, -0.05) is 13.8 Å². The summed E-state index contributed by atoms with van der Waals surface area (Å²) in [7, 11) is 0. The summed E-state index contributed by atoms with van der Waals surface area (Å²) in [6.45, 7) is 4.95. The van der Waals surface area contributed by atoms with Gasteiger partial charge >= 0.3 is 0 Å². The van der Waals surface area contributed by atoms with Crippen LogP contribution in [0.25, 0.3) is 0 Å². The molecule has 0 amide bonds. The predicted octanol–water partition coefficient (Wildman–Crippen LogP) is 4.19. The second-order valence-electron chi connectivity index (χ2n) is 10.5. The van der Waals surface area contributed by atoms with Crippen molar-refractivity contribution in [2.45, 2.75) is 102 Å². The zero-order chi connectivity index (χ0) is 16.7. The average Bonchev–Trinajstić information content (AvgIpc) is 3.44. The van der Waals surface area contributed by atoms with E-state index < -0.39 is 0 Å². The van der Waals surface area contributed by atoms with Crippen LogP contribution in [-0.2, 0) is 14.2 Å². The number of rotatable bonds is 4. The molecule has 3 aliphatic carbocycles. The summed E-state index contributed by atoms with van der Waals surface area (Å²) in [5.74, 6) is 5.20. The largest absolute Gasteiger partial charge is 0.370 e. The quantitative estimate of drug-likeness (QED) is 0.717. The smallest absolute Gasteiger partial charge is 0.0872 e. The Hall–Kier alpha value is -0.120. The third-order valence-corrected chi connectivity index (χ3v) is 8.91. The molecule has 3 saturated carbocycles. The molecule has 0 aromatic heterocycles. The van der Waals surface area contributed by atoms with Gasteiger partial charge in [0.1, 0.15) is 0 Å². The summed E-state index contributed by atoms with van der Waals surface area (Å²) >= 11 is 0. The standard InChI is InChI=1S/C22H34O3/c1-11-5-18-20(23-18)9-14(11)7-13-3-4-17-22(25-17)16(13)8-15-10-21-19(24-21)6-12(15)2/h11-22H,3-10H2,1-2H3. The highest BCUT2D eigenvalue weighted by Crippen LogP contribution is 2.54. The van der Waals surface area contributed by atoms with Crippen LogP contribution < -0.4 is 0 Å². The zero-order valence-electron chi connectivity index (χ0n) is 15.8. The van der Waals surface area contributed by atoms with Crippen LogP contribution in [0.5, 0.6) is 0 Å². The van der Waals surface area contributed by atoms with Gasteiger partial charge in [-0.25, -0.2) is 0 Å². The molecule has 0 aromatic carbocycles. The maximum Gasteiger partial charge on any atom is 0.0872 e. The molecule has 3 heteroatoms.